The molecule has 1 aliphatic heterocycles. The molecule has 1 heterocycles. The summed E-state index contributed by atoms with van der Waals surface area (Å²) in [7, 11) is 0. The average molecular weight is 330 g/mol. The van der Waals surface area contributed by atoms with Gasteiger partial charge >= 0.3 is 6.09 Å². The third kappa shape index (κ3) is 4.59. The van der Waals surface area contributed by atoms with Gasteiger partial charge in [-0.2, -0.15) is 0 Å². The van der Waals surface area contributed by atoms with Crippen LogP contribution in [-0.2, 0) is 4.74 Å². The van der Waals surface area contributed by atoms with Crippen molar-refractivity contribution in [3.8, 4) is 17.2 Å². The summed E-state index contributed by atoms with van der Waals surface area (Å²) in [6, 6.07) is 3.34. The lowest BCUT2D eigenvalue weighted by Gasteiger charge is -2.20. The summed E-state index contributed by atoms with van der Waals surface area (Å²) in [5.74, 6) is 2.07. The molecule has 0 unspecified atom stereocenters. The molecule has 2 rings (SSSR count). The first-order valence-electron chi connectivity index (χ1n) is 7.01. The second-order valence-electron chi connectivity index (χ2n) is 5.73. The SMILES string of the molecule is CC(C)(C)OC(=O)Nc1cc(OCCCCl)c2c(c1)OCO2. The van der Waals surface area contributed by atoms with Crippen molar-refractivity contribution in [3.05, 3.63) is 12.1 Å². The van der Waals surface area contributed by atoms with Crippen molar-refractivity contribution in [1.29, 1.82) is 0 Å². The summed E-state index contributed by atoms with van der Waals surface area (Å²) < 4.78 is 21.6. The monoisotopic (exact) mass is 329 g/mol. The fourth-order valence-corrected chi connectivity index (χ4v) is 1.92. The number of nitrogens with one attached hydrogen (secondary N) is 1. The molecule has 0 radical (unpaired) electrons. The topological polar surface area (TPSA) is 66.0 Å². The lowest BCUT2D eigenvalue weighted by Crippen LogP contribution is -2.27. The standard InChI is InChI=1S/C15H20ClNO5/c1-15(2,3)22-14(18)17-10-7-11(19-6-4-5-16)13-12(8-10)20-9-21-13/h7-8H,4-6,9H2,1-3H3,(H,17,18). The molecule has 0 saturated heterocycles. The average Bonchev–Trinajstić information content (AvgIpc) is 2.84. The van der Waals surface area contributed by atoms with Crippen LogP contribution < -0.4 is 19.5 Å². The van der Waals surface area contributed by atoms with Gasteiger partial charge in [0.25, 0.3) is 0 Å². The van der Waals surface area contributed by atoms with Crippen molar-refractivity contribution in [2.45, 2.75) is 32.8 Å². The molecule has 1 aromatic rings. The Balaban J connectivity index is 2.11. The van der Waals surface area contributed by atoms with Crippen LogP contribution in [0.15, 0.2) is 12.1 Å². The molecule has 0 aliphatic carbocycles. The van der Waals surface area contributed by atoms with Crippen molar-refractivity contribution in [2.75, 3.05) is 24.6 Å². The van der Waals surface area contributed by atoms with Gasteiger partial charge < -0.3 is 18.9 Å². The molecule has 0 fully saturated rings. The van der Waals surface area contributed by atoms with E-state index in [1.807, 2.05) is 0 Å². The lowest BCUT2D eigenvalue weighted by molar-refractivity contribution is 0.0636. The highest BCUT2D eigenvalue weighted by atomic mass is 35.5. The van der Waals surface area contributed by atoms with Gasteiger partial charge in [0.15, 0.2) is 11.5 Å². The van der Waals surface area contributed by atoms with Crippen LogP contribution in [0.4, 0.5) is 10.5 Å². The quantitative estimate of drug-likeness (QED) is 0.658. The number of carbonyl (C=O) groups is 1. The van der Waals surface area contributed by atoms with Gasteiger partial charge in [0.05, 0.1) is 12.3 Å². The zero-order chi connectivity index (χ0) is 16.2. The lowest BCUT2D eigenvalue weighted by atomic mass is 10.2. The molecular formula is C15H20ClNO5. The van der Waals surface area contributed by atoms with Gasteiger partial charge in [-0.05, 0) is 27.2 Å². The van der Waals surface area contributed by atoms with E-state index in [1.54, 1.807) is 32.9 Å². The summed E-state index contributed by atoms with van der Waals surface area (Å²) >= 11 is 5.64. The summed E-state index contributed by atoms with van der Waals surface area (Å²) in [4.78, 5) is 11.8. The van der Waals surface area contributed by atoms with Gasteiger partial charge in [-0.3, -0.25) is 5.32 Å². The van der Waals surface area contributed by atoms with Gasteiger partial charge in [-0.25, -0.2) is 4.79 Å². The van der Waals surface area contributed by atoms with Crippen molar-refractivity contribution in [1.82, 2.24) is 0 Å². The Morgan fingerprint density at radius 1 is 1.36 bits per heavy atom. The minimum Gasteiger partial charge on any atom is -0.489 e. The van der Waals surface area contributed by atoms with E-state index in [2.05, 4.69) is 5.32 Å². The van der Waals surface area contributed by atoms with Crippen LogP contribution in [0.2, 0.25) is 0 Å². The summed E-state index contributed by atoms with van der Waals surface area (Å²) in [5.41, 5.74) is -0.0560. The molecular weight excluding hydrogens is 310 g/mol. The molecule has 0 bridgehead atoms. The fourth-order valence-electron chi connectivity index (χ4n) is 1.82. The molecule has 1 N–H and O–H groups in total. The number of alkyl halides is 1. The number of anilines is 1. The van der Waals surface area contributed by atoms with Crippen LogP contribution in [0.3, 0.4) is 0 Å². The van der Waals surface area contributed by atoms with E-state index in [1.165, 1.54) is 0 Å². The zero-order valence-electron chi connectivity index (χ0n) is 12.9. The Hall–Kier alpha value is -1.82. The van der Waals surface area contributed by atoms with Gasteiger partial charge in [0, 0.05) is 18.0 Å². The summed E-state index contributed by atoms with van der Waals surface area (Å²) in [6.07, 6.45) is 0.166. The van der Waals surface area contributed by atoms with Crippen molar-refractivity contribution in [3.63, 3.8) is 0 Å². The highest BCUT2D eigenvalue weighted by molar-refractivity contribution is 6.17. The summed E-state index contributed by atoms with van der Waals surface area (Å²) in [6.45, 7) is 5.97. The summed E-state index contributed by atoms with van der Waals surface area (Å²) in [5, 5.41) is 2.66. The van der Waals surface area contributed by atoms with E-state index in [0.29, 0.717) is 41.8 Å². The maximum absolute atomic E-state index is 11.8. The highest BCUT2D eigenvalue weighted by Gasteiger charge is 2.22. The number of hydrogen-bond acceptors (Lipinski definition) is 5. The Morgan fingerprint density at radius 3 is 2.82 bits per heavy atom. The number of carbonyl (C=O) groups excluding carboxylic acids is 1. The normalized spacial score (nSPS) is 12.9. The van der Waals surface area contributed by atoms with Gasteiger partial charge in [-0.15, -0.1) is 11.6 Å². The second-order valence-corrected chi connectivity index (χ2v) is 6.10. The first-order chi connectivity index (χ1) is 10.4. The smallest absolute Gasteiger partial charge is 0.412 e. The van der Waals surface area contributed by atoms with Crippen molar-refractivity contribution in [2.24, 2.45) is 0 Å². The van der Waals surface area contributed by atoms with E-state index < -0.39 is 11.7 Å². The maximum Gasteiger partial charge on any atom is 0.412 e. The van der Waals surface area contributed by atoms with E-state index in [9.17, 15) is 4.79 Å². The minimum absolute atomic E-state index is 0.122. The third-order valence-corrected chi connectivity index (χ3v) is 2.89. The van der Waals surface area contributed by atoms with Gasteiger partial charge in [0.2, 0.25) is 12.5 Å². The highest BCUT2D eigenvalue weighted by Crippen LogP contribution is 2.43. The molecule has 7 heteroatoms. The predicted molar refractivity (Wildman–Crippen MR) is 83.3 cm³/mol. The molecule has 122 valence electrons. The Kier molecular flexibility index (Phi) is 5.24. The number of ether oxygens (including phenoxy) is 4. The van der Waals surface area contributed by atoms with Crippen LogP contribution in [0.25, 0.3) is 0 Å². The number of benzene rings is 1. The zero-order valence-corrected chi connectivity index (χ0v) is 13.7. The van der Waals surface area contributed by atoms with E-state index >= 15 is 0 Å². The molecule has 0 spiro atoms. The molecule has 1 aliphatic rings. The van der Waals surface area contributed by atoms with E-state index in [-0.39, 0.29) is 6.79 Å². The Bertz CT molecular complexity index is 541. The largest absolute Gasteiger partial charge is 0.489 e. The number of rotatable bonds is 5. The van der Waals surface area contributed by atoms with Crippen LogP contribution in [0, 0.1) is 0 Å². The first-order valence-corrected chi connectivity index (χ1v) is 7.55. The number of fused-ring (bicyclic) bond motifs is 1. The fraction of sp³-hybridized carbons (Fsp3) is 0.533. The third-order valence-electron chi connectivity index (χ3n) is 2.62. The van der Waals surface area contributed by atoms with Crippen molar-refractivity contribution >= 4 is 23.4 Å². The van der Waals surface area contributed by atoms with Crippen molar-refractivity contribution < 1.29 is 23.7 Å². The van der Waals surface area contributed by atoms with Crippen LogP contribution >= 0.6 is 11.6 Å². The molecule has 1 aromatic carbocycles. The second kappa shape index (κ2) is 6.96. The van der Waals surface area contributed by atoms with E-state index in [0.717, 1.165) is 0 Å². The number of hydrogen-bond donors (Lipinski definition) is 1. The predicted octanol–water partition coefficient (Wildman–Crippen LogP) is 3.77. The molecule has 22 heavy (non-hydrogen) atoms. The Labute approximate surface area is 134 Å². The maximum atomic E-state index is 11.8. The van der Waals surface area contributed by atoms with E-state index in [4.69, 9.17) is 30.5 Å². The molecule has 0 atom stereocenters. The van der Waals surface area contributed by atoms with Gasteiger partial charge in [-0.1, -0.05) is 0 Å². The van der Waals surface area contributed by atoms with Crippen LogP contribution in [0.1, 0.15) is 27.2 Å². The molecule has 1 amide bonds. The molecule has 0 aromatic heterocycles. The first kappa shape index (κ1) is 16.5. The number of halogens is 1. The Morgan fingerprint density at radius 2 is 2.14 bits per heavy atom. The van der Waals surface area contributed by atoms with Crippen LogP contribution in [-0.4, -0.2) is 31.0 Å². The molecule has 0 saturated carbocycles. The minimum atomic E-state index is -0.569. The molecule has 6 nitrogen and oxygen atoms in total. The number of amides is 1. The van der Waals surface area contributed by atoms with Gasteiger partial charge in [0.1, 0.15) is 5.60 Å². The van der Waals surface area contributed by atoms with Crippen LogP contribution in [0.5, 0.6) is 17.2 Å².